The molecule has 5 nitrogen and oxygen atoms in total. The average Bonchev–Trinajstić information content (AvgIpc) is 2.75. The summed E-state index contributed by atoms with van der Waals surface area (Å²) >= 11 is 0. The van der Waals surface area contributed by atoms with Gasteiger partial charge in [0, 0.05) is 5.56 Å². The Kier molecular flexibility index (Phi) is 2.76. The van der Waals surface area contributed by atoms with Gasteiger partial charge in [-0.2, -0.15) is 0 Å². The van der Waals surface area contributed by atoms with Crippen molar-refractivity contribution in [2.75, 3.05) is 14.2 Å². The number of nitrogens with zero attached hydrogens (tertiary/aromatic N) is 1. The van der Waals surface area contributed by atoms with Gasteiger partial charge >= 0.3 is 5.97 Å². The number of benzene rings is 1. The fourth-order valence-electron chi connectivity index (χ4n) is 1.49. The van der Waals surface area contributed by atoms with E-state index < -0.39 is 0 Å². The third-order valence-corrected chi connectivity index (χ3v) is 2.29. The van der Waals surface area contributed by atoms with Gasteiger partial charge in [0.1, 0.15) is 17.2 Å². The molecule has 5 heteroatoms. The molecule has 0 N–H and O–H groups in total. The molecule has 0 atom stereocenters. The highest BCUT2D eigenvalue weighted by Crippen LogP contribution is 2.27. The van der Waals surface area contributed by atoms with Crippen molar-refractivity contribution in [1.29, 1.82) is 0 Å². The molecule has 0 fully saturated rings. The van der Waals surface area contributed by atoms with Crippen molar-refractivity contribution in [2.45, 2.75) is 6.42 Å². The van der Waals surface area contributed by atoms with E-state index in [2.05, 4.69) is 9.99 Å². The van der Waals surface area contributed by atoms with Crippen LogP contribution in [0.4, 0.5) is 0 Å². The lowest BCUT2D eigenvalue weighted by Crippen LogP contribution is -2.03. The van der Waals surface area contributed by atoms with Crippen LogP contribution in [0.3, 0.4) is 0 Å². The van der Waals surface area contributed by atoms with Gasteiger partial charge in [-0.3, -0.25) is 0 Å². The van der Waals surface area contributed by atoms with Crippen molar-refractivity contribution < 1.29 is 19.1 Å². The van der Waals surface area contributed by atoms with Crippen LogP contribution in [0.1, 0.15) is 12.0 Å². The molecule has 0 aliphatic carbocycles. The van der Waals surface area contributed by atoms with Crippen LogP contribution in [0.25, 0.3) is 0 Å². The topological polar surface area (TPSA) is 57.1 Å². The summed E-state index contributed by atoms with van der Waals surface area (Å²) in [5.41, 5.74) is 1.27. The molecular formula is C11H11NO4. The normalized spacial score (nSPS) is 14.4. The van der Waals surface area contributed by atoms with Crippen molar-refractivity contribution >= 4 is 11.7 Å². The maximum absolute atomic E-state index is 11.0. The fraction of sp³-hybridized carbons (Fsp3) is 0.273. The van der Waals surface area contributed by atoms with E-state index in [1.807, 2.05) is 0 Å². The van der Waals surface area contributed by atoms with Crippen LogP contribution in [0.15, 0.2) is 23.4 Å². The Bertz CT molecular complexity index is 453. The van der Waals surface area contributed by atoms with E-state index in [1.54, 1.807) is 32.4 Å². The maximum Gasteiger partial charge on any atom is 0.341 e. The number of ether oxygens (including phenoxy) is 2. The molecule has 1 aliphatic heterocycles. The molecule has 0 amide bonds. The van der Waals surface area contributed by atoms with Crippen molar-refractivity contribution in [3.05, 3.63) is 23.8 Å². The Morgan fingerprint density at radius 3 is 2.69 bits per heavy atom. The lowest BCUT2D eigenvalue weighted by Gasteiger charge is -2.08. The Hall–Kier alpha value is -2.04. The molecule has 0 saturated carbocycles. The zero-order valence-corrected chi connectivity index (χ0v) is 9.02. The number of oxime groups is 1. The quantitative estimate of drug-likeness (QED) is 0.723. The number of hydrogen-bond acceptors (Lipinski definition) is 5. The van der Waals surface area contributed by atoms with Gasteiger partial charge in [0.05, 0.1) is 20.6 Å². The van der Waals surface area contributed by atoms with Gasteiger partial charge in [-0.15, -0.1) is 0 Å². The number of methoxy groups -OCH3 is 2. The van der Waals surface area contributed by atoms with E-state index in [0.29, 0.717) is 22.8 Å². The first kappa shape index (κ1) is 10.5. The number of rotatable bonds is 3. The smallest absolute Gasteiger partial charge is 0.341 e. The molecule has 1 aromatic carbocycles. The molecule has 16 heavy (non-hydrogen) atoms. The van der Waals surface area contributed by atoms with Crippen molar-refractivity contribution in [2.24, 2.45) is 5.16 Å². The third kappa shape index (κ3) is 1.84. The highest BCUT2D eigenvalue weighted by Gasteiger charge is 2.22. The molecular weight excluding hydrogens is 210 g/mol. The minimum atomic E-state index is -0.361. The molecule has 1 heterocycles. The van der Waals surface area contributed by atoms with Crippen molar-refractivity contribution in [3.63, 3.8) is 0 Å². The zero-order chi connectivity index (χ0) is 11.5. The summed E-state index contributed by atoms with van der Waals surface area (Å²) in [6, 6.07) is 5.31. The van der Waals surface area contributed by atoms with E-state index in [9.17, 15) is 4.79 Å². The van der Waals surface area contributed by atoms with Gasteiger partial charge < -0.3 is 14.3 Å². The molecule has 1 aliphatic rings. The molecule has 0 spiro atoms. The number of carbonyl (C=O) groups excluding carboxylic acids is 1. The van der Waals surface area contributed by atoms with Crippen LogP contribution in [0, 0.1) is 0 Å². The average molecular weight is 221 g/mol. The highest BCUT2D eigenvalue weighted by molar-refractivity contribution is 6.13. The first-order valence-electron chi connectivity index (χ1n) is 4.73. The molecule has 0 radical (unpaired) electrons. The van der Waals surface area contributed by atoms with Gasteiger partial charge in [0.2, 0.25) is 0 Å². The Labute approximate surface area is 92.6 Å². The summed E-state index contributed by atoms with van der Waals surface area (Å²) in [5.74, 6) is 0.954. The predicted octanol–water partition coefficient (Wildman–Crippen LogP) is 1.35. The minimum absolute atomic E-state index is 0.156. The predicted molar refractivity (Wildman–Crippen MR) is 56.8 cm³/mol. The van der Waals surface area contributed by atoms with E-state index in [0.717, 1.165) is 0 Å². The monoisotopic (exact) mass is 221 g/mol. The lowest BCUT2D eigenvalue weighted by atomic mass is 10.1. The van der Waals surface area contributed by atoms with E-state index >= 15 is 0 Å². The molecule has 1 aromatic rings. The van der Waals surface area contributed by atoms with Gasteiger partial charge in [0.25, 0.3) is 0 Å². The van der Waals surface area contributed by atoms with E-state index in [4.69, 9.17) is 9.47 Å². The van der Waals surface area contributed by atoms with Crippen molar-refractivity contribution in [3.8, 4) is 11.5 Å². The molecule has 0 saturated heterocycles. The van der Waals surface area contributed by atoms with Gasteiger partial charge in [0.15, 0.2) is 0 Å². The molecule has 0 bridgehead atoms. The molecule has 0 aromatic heterocycles. The summed E-state index contributed by atoms with van der Waals surface area (Å²) in [6.07, 6.45) is 0.156. The standard InChI is InChI=1S/C11H11NO4/c1-14-7-3-4-10(15-2)8(5-7)9-6-11(13)16-12-9/h3-5H,6H2,1-2H3. The van der Waals surface area contributed by atoms with Gasteiger partial charge in [-0.05, 0) is 18.2 Å². The summed E-state index contributed by atoms with van der Waals surface area (Å²) < 4.78 is 10.3. The fourth-order valence-corrected chi connectivity index (χ4v) is 1.49. The molecule has 2 rings (SSSR count). The second-order valence-electron chi connectivity index (χ2n) is 3.24. The Balaban J connectivity index is 2.41. The molecule has 84 valence electrons. The second-order valence-corrected chi connectivity index (χ2v) is 3.24. The van der Waals surface area contributed by atoms with Gasteiger partial charge in [-0.1, -0.05) is 5.16 Å². The summed E-state index contributed by atoms with van der Waals surface area (Å²) in [6.45, 7) is 0. The van der Waals surface area contributed by atoms with Crippen LogP contribution in [0.5, 0.6) is 11.5 Å². The second kappa shape index (κ2) is 4.22. The van der Waals surface area contributed by atoms with E-state index in [-0.39, 0.29) is 12.4 Å². The SMILES string of the molecule is COc1ccc(OC)c(C2=NOC(=O)C2)c1. The number of hydrogen-bond donors (Lipinski definition) is 0. The Morgan fingerprint density at radius 1 is 1.31 bits per heavy atom. The largest absolute Gasteiger partial charge is 0.497 e. The lowest BCUT2D eigenvalue weighted by molar-refractivity contribution is -0.140. The summed E-state index contributed by atoms with van der Waals surface area (Å²) in [7, 11) is 3.13. The van der Waals surface area contributed by atoms with Gasteiger partial charge in [-0.25, -0.2) is 4.79 Å². The zero-order valence-electron chi connectivity index (χ0n) is 9.02. The van der Waals surface area contributed by atoms with Crippen LogP contribution in [-0.2, 0) is 9.63 Å². The number of carbonyl (C=O) groups is 1. The van der Waals surface area contributed by atoms with Crippen LogP contribution in [0.2, 0.25) is 0 Å². The minimum Gasteiger partial charge on any atom is -0.497 e. The Morgan fingerprint density at radius 2 is 2.12 bits per heavy atom. The van der Waals surface area contributed by atoms with E-state index in [1.165, 1.54) is 0 Å². The maximum atomic E-state index is 11.0. The third-order valence-electron chi connectivity index (χ3n) is 2.29. The first-order valence-corrected chi connectivity index (χ1v) is 4.73. The summed E-state index contributed by atoms with van der Waals surface area (Å²) in [5, 5.41) is 3.70. The van der Waals surface area contributed by atoms with Crippen molar-refractivity contribution in [1.82, 2.24) is 0 Å². The molecule has 0 unspecified atom stereocenters. The van der Waals surface area contributed by atoms with Crippen LogP contribution in [-0.4, -0.2) is 25.9 Å². The highest BCUT2D eigenvalue weighted by atomic mass is 16.7. The summed E-state index contributed by atoms with van der Waals surface area (Å²) in [4.78, 5) is 15.5. The van der Waals surface area contributed by atoms with Crippen LogP contribution < -0.4 is 9.47 Å². The first-order chi connectivity index (χ1) is 7.74. The van der Waals surface area contributed by atoms with Crippen LogP contribution >= 0.6 is 0 Å².